The Bertz CT molecular complexity index is 1120. The van der Waals surface area contributed by atoms with Crippen LogP contribution in [-0.2, 0) is 9.16 Å². The maximum Gasteiger partial charge on any atom is 0.217 e. The monoisotopic (exact) mass is 557 g/mol. The topological polar surface area (TPSA) is 49.8 Å². The van der Waals surface area contributed by atoms with Gasteiger partial charge in [-0.05, 0) is 79.4 Å². The fourth-order valence-electron chi connectivity index (χ4n) is 4.49. The predicted molar refractivity (Wildman–Crippen MR) is 158 cm³/mol. The first-order chi connectivity index (χ1) is 18.1. The van der Waals surface area contributed by atoms with E-state index >= 15 is 0 Å². The molecule has 5 nitrogen and oxygen atoms in total. The van der Waals surface area contributed by atoms with Crippen LogP contribution in [0.3, 0.4) is 0 Å². The molecule has 208 valence electrons. The van der Waals surface area contributed by atoms with Crippen LogP contribution < -0.4 is 9.47 Å². The van der Waals surface area contributed by atoms with E-state index in [0.29, 0.717) is 35.8 Å². The quantitative estimate of drug-likeness (QED) is 0.205. The van der Waals surface area contributed by atoms with E-state index in [1.54, 1.807) is 7.11 Å². The summed E-state index contributed by atoms with van der Waals surface area (Å²) in [6, 6.07) is 10.4. The molecule has 0 N–H and O–H groups in total. The molecule has 1 saturated carbocycles. The molecule has 1 aliphatic carbocycles. The van der Waals surface area contributed by atoms with Gasteiger partial charge in [0.15, 0.2) is 8.32 Å². The molecule has 1 aliphatic heterocycles. The third-order valence-corrected chi connectivity index (χ3v) is 12.9. The first kappa shape index (κ1) is 29.1. The second-order valence-corrected chi connectivity index (χ2v) is 17.3. The summed E-state index contributed by atoms with van der Waals surface area (Å²) in [4.78, 5) is 4.95. The highest BCUT2D eigenvalue weighted by atomic mass is 35.5. The van der Waals surface area contributed by atoms with Gasteiger partial charge in [0.05, 0.1) is 24.4 Å². The summed E-state index contributed by atoms with van der Waals surface area (Å²) in [5.41, 5.74) is 4.23. The predicted octanol–water partition coefficient (Wildman–Crippen LogP) is 8.27. The lowest BCUT2D eigenvalue weighted by molar-refractivity contribution is 0.0786. The number of halogens is 1. The Balaban J connectivity index is 1.49. The van der Waals surface area contributed by atoms with Crippen LogP contribution in [0.1, 0.15) is 75.6 Å². The molecule has 0 radical (unpaired) electrons. The van der Waals surface area contributed by atoms with Crippen molar-refractivity contribution in [1.82, 2.24) is 4.98 Å². The fraction of sp³-hybridized carbons (Fsp3) is 0.581. The van der Waals surface area contributed by atoms with Crippen molar-refractivity contribution in [2.75, 3.05) is 33.5 Å². The number of methoxy groups -OCH3 is 1. The van der Waals surface area contributed by atoms with Crippen LogP contribution in [0.2, 0.25) is 23.2 Å². The van der Waals surface area contributed by atoms with Gasteiger partial charge in [0.1, 0.15) is 5.75 Å². The Morgan fingerprint density at radius 1 is 1.08 bits per heavy atom. The largest absolute Gasteiger partial charge is 0.492 e. The van der Waals surface area contributed by atoms with Crippen LogP contribution in [0.25, 0.3) is 5.57 Å². The maximum atomic E-state index is 6.74. The number of allylic oxidation sites excluding steroid dienone is 1. The maximum absolute atomic E-state index is 6.74. The lowest BCUT2D eigenvalue weighted by Crippen LogP contribution is -2.41. The number of nitrogens with zero attached hydrogens (tertiary/aromatic N) is 1. The normalized spacial score (nSPS) is 17.5. The minimum atomic E-state index is -1.74. The van der Waals surface area contributed by atoms with E-state index < -0.39 is 8.32 Å². The minimum absolute atomic E-state index is 0.208. The average Bonchev–Trinajstić information content (AvgIpc) is 3.73. The van der Waals surface area contributed by atoms with E-state index in [0.717, 1.165) is 55.2 Å². The van der Waals surface area contributed by atoms with Crippen LogP contribution in [0.15, 0.2) is 36.4 Å². The van der Waals surface area contributed by atoms with Gasteiger partial charge >= 0.3 is 0 Å². The second-order valence-electron chi connectivity index (χ2n) is 12.1. The van der Waals surface area contributed by atoms with Crippen LogP contribution in [0, 0.1) is 5.92 Å². The summed E-state index contributed by atoms with van der Waals surface area (Å²) in [5, 5.41) is 0.812. The second kappa shape index (κ2) is 12.5. The molecule has 0 atom stereocenters. The van der Waals surface area contributed by atoms with Gasteiger partial charge in [-0.1, -0.05) is 50.6 Å². The molecule has 2 fully saturated rings. The Kier molecular flexibility index (Phi) is 9.61. The van der Waals surface area contributed by atoms with E-state index in [4.69, 9.17) is 35.2 Å². The summed E-state index contributed by atoms with van der Waals surface area (Å²) in [6.45, 7) is 14.2. The minimum Gasteiger partial charge on any atom is -0.492 e. The number of benzene rings is 1. The Morgan fingerprint density at radius 2 is 1.82 bits per heavy atom. The highest BCUT2D eigenvalue weighted by Gasteiger charge is 2.36. The van der Waals surface area contributed by atoms with E-state index in [9.17, 15) is 0 Å². The van der Waals surface area contributed by atoms with Crippen molar-refractivity contribution in [3.63, 3.8) is 0 Å². The van der Waals surface area contributed by atoms with Gasteiger partial charge in [-0.2, -0.15) is 0 Å². The third-order valence-electron chi connectivity index (χ3n) is 8.10. The SMILES string of the molecule is COc1nc(/C(=C\C2CCOCC2)c2ccc(OCCCO[Si](C)(C)C(C)(C)C)c(Cl)c2)ccc1C1CC1. The van der Waals surface area contributed by atoms with Crippen molar-refractivity contribution in [2.24, 2.45) is 5.92 Å². The molecule has 2 aromatic rings. The highest BCUT2D eigenvalue weighted by molar-refractivity contribution is 6.74. The van der Waals surface area contributed by atoms with Gasteiger partial charge in [0.2, 0.25) is 5.88 Å². The van der Waals surface area contributed by atoms with Gasteiger partial charge < -0.3 is 18.6 Å². The molecular weight excluding hydrogens is 514 g/mol. The zero-order chi connectivity index (χ0) is 27.3. The van der Waals surface area contributed by atoms with Gasteiger partial charge in [-0.3, -0.25) is 0 Å². The summed E-state index contributed by atoms with van der Waals surface area (Å²) < 4.78 is 23.6. The van der Waals surface area contributed by atoms with Crippen molar-refractivity contribution in [2.45, 2.75) is 76.9 Å². The summed E-state index contributed by atoms with van der Waals surface area (Å²) >= 11 is 6.74. The highest BCUT2D eigenvalue weighted by Crippen LogP contribution is 2.44. The van der Waals surface area contributed by atoms with E-state index in [1.807, 2.05) is 12.1 Å². The summed E-state index contributed by atoms with van der Waals surface area (Å²) in [5.74, 6) is 2.44. The Morgan fingerprint density at radius 3 is 2.45 bits per heavy atom. The van der Waals surface area contributed by atoms with Crippen molar-refractivity contribution < 1.29 is 18.6 Å². The molecule has 7 heteroatoms. The van der Waals surface area contributed by atoms with Crippen molar-refractivity contribution in [1.29, 1.82) is 0 Å². The van der Waals surface area contributed by atoms with Gasteiger partial charge in [-0.15, -0.1) is 0 Å². The Labute approximate surface area is 235 Å². The molecule has 2 heterocycles. The molecule has 1 saturated heterocycles. The van der Waals surface area contributed by atoms with Gasteiger partial charge in [0, 0.05) is 37.4 Å². The standard InChI is InChI=1S/C31H44ClNO4Si/c1-31(2,3)38(5,6)37-17-7-16-36-29-13-10-24(21-27(29)32)26(20-22-14-18-35-19-15-22)28-12-11-25(23-8-9-23)30(33-28)34-4/h10-13,20-23H,7-9,14-19H2,1-6H3/b26-20-. The molecule has 2 aliphatic rings. The first-order valence-corrected chi connectivity index (χ1v) is 17.3. The average molecular weight is 558 g/mol. The molecule has 1 aromatic heterocycles. The zero-order valence-electron chi connectivity index (χ0n) is 23.9. The van der Waals surface area contributed by atoms with Crippen LogP contribution in [0.4, 0.5) is 0 Å². The first-order valence-electron chi connectivity index (χ1n) is 14.0. The number of ether oxygens (including phenoxy) is 3. The van der Waals surface area contributed by atoms with Crippen LogP contribution in [-0.4, -0.2) is 46.8 Å². The Hall–Kier alpha value is -1.86. The molecule has 0 spiro atoms. The fourth-order valence-corrected chi connectivity index (χ4v) is 5.81. The molecule has 4 rings (SSSR count). The van der Waals surface area contributed by atoms with Gasteiger partial charge in [-0.25, -0.2) is 4.98 Å². The van der Waals surface area contributed by atoms with Crippen LogP contribution >= 0.6 is 11.6 Å². The van der Waals surface area contributed by atoms with Crippen molar-refractivity contribution >= 4 is 25.5 Å². The molecule has 0 unspecified atom stereocenters. The van der Waals surface area contributed by atoms with Crippen molar-refractivity contribution in [3.05, 3.63) is 58.3 Å². The zero-order valence-corrected chi connectivity index (χ0v) is 25.7. The summed E-state index contributed by atoms with van der Waals surface area (Å²) in [7, 11) is -0.0318. The molecular formula is C31H44ClNO4Si. The van der Waals surface area contributed by atoms with Crippen molar-refractivity contribution in [3.8, 4) is 11.6 Å². The third kappa shape index (κ3) is 7.41. The number of hydrogen-bond acceptors (Lipinski definition) is 5. The van der Waals surface area contributed by atoms with Gasteiger partial charge in [0.25, 0.3) is 0 Å². The molecule has 0 amide bonds. The number of hydrogen-bond donors (Lipinski definition) is 0. The molecule has 38 heavy (non-hydrogen) atoms. The number of rotatable bonds is 11. The van der Waals surface area contributed by atoms with E-state index in [-0.39, 0.29) is 5.04 Å². The lowest BCUT2D eigenvalue weighted by Gasteiger charge is -2.36. The lowest BCUT2D eigenvalue weighted by atomic mass is 9.92. The molecule has 0 bridgehead atoms. The van der Waals surface area contributed by atoms with Crippen LogP contribution in [0.5, 0.6) is 11.6 Å². The van der Waals surface area contributed by atoms with E-state index in [2.05, 4.69) is 58.1 Å². The number of aromatic nitrogens is 1. The van der Waals surface area contributed by atoms with E-state index in [1.165, 1.54) is 18.4 Å². The summed E-state index contributed by atoms with van der Waals surface area (Å²) in [6.07, 6.45) is 7.60. The smallest absolute Gasteiger partial charge is 0.217 e. The molecule has 1 aromatic carbocycles. The number of pyridine rings is 1.